The number of rotatable bonds is 6. The fraction of sp³-hybridized carbons (Fsp3) is 0.188. The molecule has 0 bridgehead atoms. The molecule has 184 valence electrons. The summed E-state index contributed by atoms with van der Waals surface area (Å²) in [4.78, 5) is 9.49. The lowest BCUT2D eigenvalue weighted by molar-refractivity contribution is 0.458. The molecule has 0 aliphatic heterocycles. The molecule has 0 aliphatic rings. The van der Waals surface area contributed by atoms with E-state index < -0.39 is 0 Å². The zero-order valence-electron chi connectivity index (χ0n) is 21.3. The third-order valence-corrected chi connectivity index (χ3v) is 7.18. The van der Waals surface area contributed by atoms with E-state index in [-0.39, 0.29) is 5.75 Å². The maximum absolute atomic E-state index is 10.9. The first-order valence-electron chi connectivity index (χ1n) is 12.9. The predicted octanol–water partition coefficient (Wildman–Crippen LogP) is 7.91. The number of para-hydroxylation sites is 1. The summed E-state index contributed by atoms with van der Waals surface area (Å²) in [5.74, 6) is 2.26. The van der Waals surface area contributed by atoms with Crippen molar-refractivity contribution in [2.24, 2.45) is 0 Å². The predicted molar refractivity (Wildman–Crippen MR) is 150 cm³/mol. The maximum Gasteiger partial charge on any atom is 0.220 e. The van der Waals surface area contributed by atoms with Gasteiger partial charge in [0.25, 0.3) is 0 Å². The molecule has 0 radical (unpaired) electrons. The Bertz CT molecular complexity index is 1770. The van der Waals surface area contributed by atoms with Gasteiger partial charge in [-0.15, -0.1) is 0 Å². The van der Waals surface area contributed by atoms with Gasteiger partial charge in [-0.2, -0.15) is 0 Å². The lowest BCUT2D eigenvalue weighted by atomic mass is 10.0. The van der Waals surface area contributed by atoms with Crippen molar-refractivity contribution in [3.8, 4) is 23.2 Å². The van der Waals surface area contributed by atoms with E-state index in [4.69, 9.17) is 14.7 Å². The van der Waals surface area contributed by atoms with Crippen molar-refractivity contribution >= 4 is 32.7 Å². The van der Waals surface area contributed by atoms with Gasteiger partial charge in [0.05, 0.1) is 11.0 Å². The quantitative estimate of drug-likeness (QED) is 0.259. The first-order valence-corrected chi connectivity index (χ1v) is 12.9. The molecule has 6 rings (SSSR count). The van der Waals surface area contributed by atoms with E-state index in [2.05, 4.69) is 60.9 Å². The Morgan fingerprint density at radius 2 is 1.54 bits per heavy atom. The molecule has 3 aromatic heterocycles. The zero-order chi connectivity index (χ0) is 25.5. The number of fused-ring (bicyclic) bond motifs is 4. The van der Waals surface area contributed by atoms with Gasteiger partial charge in [0.15, 0.2) is 0 Å². The molecule has 0 saturated heterocycles. The molecule has 0 atom stereocenters. The van der Waals surface area contributed by atoms with Gasteiger partial charge in [-0.1, -0.05) is 57.2 Å². The summed E-state index contributed by atoms with van der Waals surface area (Å²) in [5.41, 5.74) is 5.88. The summed E-state index contributed by atoms with van der Waals surface area (Å²) in [7, 11) is 0. The summed E-state index contributed by atoms with van der Waals surface area (Å²) >= 11 is 0. The molecule has 3 aromatic carbocycles. The van der Waals surface area contributed by atoms with Crippen molar-refractivity contribution in [2.75, 3.05) is 0 Å². The van der Waals surface area contributed by atoms with Gasteiger partial charge in [-0.3, -0.25) is 4.57 Å². The molecule has 3 heterocycles. The van der Waals surface area contributed by atoms with Crippen molar-refractivity contribution < 1.29 is 9.84 Å². The number of phenolic OH excluding ortho intramolecular Hbond substituents is 1. The monoisotopic (exact) mass is 487 g/mol. The van der Waals surface area contributed by atoms with Gasteiger partial charge in [0.2, 0.25) is 5.88 Å². The molecule has 1 N–H and O–H groups in total. The van der Waals surface area contributed by atoms with Crippen LogP contribution < -0.4 is 4.74 Å². The van der Waals surface area contributed by atoms with Crippen molar-refractivity contribution in [1.82, 2.24) is 14.5 Å². The van der Waals surface area contributed by atoms with Crippen LogP contribution in [0.25, 0.3) is 38.5 Å². The molecule has 0 amide bonds. The Morgan fingerprint density at radius 3 is 2.30 bits per heavy atom. The number of phenols is 1. The third-order valence-electron chi connectivity index (χ3n) is 7.18. The van der Waals surface area contributed by atoms with Crippen LogP contribution in [-0.2, 0) is 19.3 Å². The molecule has 0 unspecified atom stereocenters. The number of aromatic hydroxyl groups is 1. The standard InChI is InChI=1S/C32H29N3O2/c1-4-20-11-16-29(33-19-20)35-27-10-8-7-9-25(27)26-15-13-23(18-28(26)35)37-30-17-22(6-3)24-14-12-21(5-2)32(36)31(24)34-30/h7-19,36H,4-6H2,1-3H3. The van der Waals surface area contributed by atoms with Crippen LogP contribution in [0.1, 0.15) is 37.5 Å². The van der Waals surface area contributed by atoms with Crippen molar-refractivity contribution in [3.05, 3.63) is 95.7 Å². The summed E-state index contributed by atoms with van der Waals surface area (Å²) in [6.45, 7) is 6.26. The first kappa shape index (κ1) is 23.0. The van der Waals surface area contributed by atoms with Gasteiger partial charge in [-0.25, -0.2) is 9.97 Å². The number of aryl methyl sites for hydroxylation is 3. The van der Waals surface area contributed by atoms with Gasteiger partial charge < -0.3 is 9.84 Å². The minimum Gasteiger partial charge on any atom is -0.505 e. The number of hydrogen-bond acceptors (Lipinski definition) is 4. The Labute approximate surface area is 216 Å². The normalized spacial score (nSPS) is 11.5. The summed E-state index contributed by atoms with van der Waals surface area (Å²) in [5, 5.41) is 14.1. The van der Waals surface area contributed by atoms with Crippen LogP contribution in [-0.4, -0.2) is 19.6 Å². The molecule has 0 fully saturated rings. The first-order chi connectivity index (χ1) is 18.1. The number of nitrogens with zero attached hydrogens (tertiary/aromatic N) is 3. The summed E-state index contributed by atoms with van der Waals surface area (Å²) < 4.78 is 8.52. The van der Waals surface area contributed by atoms with Crippen LogP contribution in [0.2, 0.25) is 0 Å². The zero-order valence-corrected chi connectivity index (χ0v) is 21.3. The van der Waals surface area contributed by atoms with E-state index in [1.807, 2.05) is 43.5 Å². The van der Waals surface area contributed by atoms with E-state index in [0.717, 1.165) is 58.0 Å². The molecule has 0 saturated carbocycles. The lowest BCUT2D eigenvalue weighted by Crippen LogP contribution is -1.98. The molecule has 5 heteroatoms. The number of hydrogen-bond donors (Lipinski definition) is 1. The van der Waals surface area contributed by atoms with Crippen molar-refractivity contribution in [3.63, 3.8) is 0 Å². The highest BCUT2D eigenvalue weighted by Crippen LogP contribution is 2.36. The Balaban J connectivity index is 1.50. The van der Waals surface area contributed by atoms with Gasteiger partial charge in [0, 0.05) is 34.5 Å². The molecule has 0 aliphatic carbocycles. The highest BCUT2D eigenvalue weighted by Gasteiger charge is 2.16. The van der Waals surface area contributed by atoms with E-state index in [1.54, 1.807) is 0 Å². The van der Waals surface area contributed by atoms with E-state index >= 15 is 0 Å². The molecule has 6 aromatic rings. The average Bonchev–Trinajstić information content (AvgIpc) is 3.26. The van der Waals surface area contributed by atoms with Crippen LogP contribution in [0.4, 0.5) is 0 Å². The Hall–Kier alpha value is -4.38. The number of ether oxygens (including phenoxy) is 1. The number of pyridine rings is 2. The summed E-state index contributed by atoms with van der Waals surface area (Å²) in [6.07, 6.45) is 4.45. The average molecular weight is 488 g/mol. The second-order valence-electron chi connectivity index (χ2n) is 9.31. The number of benzene rings is 3. The smallest absolute Gasteiger partial charge is 0.220 e. The van der Waals surface area contributed by atoms with E-state index in [9.17, 15) is 5.11 Å². The highest BCUT2D eigenvalue weighted by atomic mass is 16.5. The molecular weight excluding hydrogens is 458 g/mol. The Morgan fingerprint density at radius 1 is 0.757 bits per heavy atom. The third kappa shape index (κ3) is 3.87. The van der Waals surface area contributed by atoms with Crippen molar-refractivity contribution in [2.45, 2.75) is 40.0 Å². The van der Waals surface area contributed by atoms with Crippen LogP contribution in [0.3, 0.4) is 0 Å². The molecule has 37 heavy (non-hydrogen) atoms. The van der Waals surface area contributed by atoms with E-state index in [0.29, 0.717) is 17.1 Å². The van der Waals surface area contributed by atoms with Gasteiger partial charge in [0.1, 0.15) is 22.8 Å². The van der Waals surface area contributed by atoms with Gasteiger partial charge >= 0.3 is 0 Å². The largest absolute Gasteiger partial charge is 0.505 e. The maximum atomic E-state index is 10.9. The van der Waals surface area contributed by atoms with Crippen LogP contribution >= 0.6 is 0 Å². The van der Waals surface area contributed by atoms with Crippen LogP contribution in [0.15, 0.2) is 79.0 Å². The fourth-order valence-corrected chi connectivity index (χ4v) is 5.13. The fourth-order valence-electron chi connectivity index (χ4n) is 5.13. The topological polar surface area (TPSA) is 60.2 Å². The Kier molecular flexibility index (Phi) is 5.76. The summed E-state index contributed by atoms with van der Waals surface area (Å²) in [6, 6.07) is 24.7. The van der Waals surface area contributed by atoms with E-state index in [1.165, 1.54) is 10.9 Å². The second-order valence-corrected chi connectivity index (χ2v) is 9.31. The van der Waals surface area contributed by atoms with Crippen LogP contribution in [0, 0.1) is 0 Å². The minimum absolute atomic E-state index is 0.234. The minimum atomic E-state index is 0.234. The molecular formula is C32H29N3O2. The SMILES string of the molecule is CCc1ccc(-n2c3ccccc3c3ccc(Oc4cc(CC)c5ccc(CC)c(O)c5n4)cc32)nc1. The molecule has 0 spiro atoms. The number of aromatic nitrogens is 3. The van der Waals surface area contributed by atoms with Crippen LogP contribution in [0.5, 0.6) is 17.4 Å². The highest BCUT2D eigenvalue weighted by molar-refractivity contribution is 6.09. The van der Waals surface area contributed by atoms with Crippen molar-refractivity contribution in [1.29, 1.82) is 0 Å². The lowest BCUT2D eigenvalue weighted by Gasteiger charge is -2.13. The van der Waals surface area contributed by atoms with Gasteiger partial charge in [-0.05, 0) is 60.2 Å². The molecule has 5 nitrogen and oxygen atoms in total. The second kappa shape index (κ2) is 9.25.